The van der Waals surface area contributed by atoms with E-state index in [9.17, 15) is 9.59 Å². The van der Waals surface area contributed by atoms with Gasteiger partial charge in [-0.15, -0.1) is 0 Å². The minimum atomic E-state index is -0.254. The molecular weight excluding hydrogens is 378 g/mol. The van der Waals surface area contributed by atoms with E-state index in [0.29, 0.717) is 25.2 Å². The number of nitrogens with zero attached hydrogens (tertiary/aromatic N) is 4. The first kappa shape index (κ1) is 20.2. The van der Waals surface area contributed by atoms with Crippen LogP contribution in [0.5, 0.6) is 0 Å². The third kappa shape index (κ3) is 3.97. The lowest BCUT2D eigenvalue weighted by molar-refractivity contribution is 0.0746. The fraction of sp³-hybridized carbons (Fsp3) is 0.435. The maximum absolute atomic E-state index is 13.0. The van der Waals surface area contributed by atoms with E-state index < -0.39 is 0 Å². The van der Waals surface area contributed by atoms with E-state index in [1.807, 2.05) is 56.1 Å². The second kappa shape index (κ2) is 7.63. The van der Waals surface area contributed by atoms with Crippen LogP contribution in [0.1, 0.15) is 35.3 Å². The molecule has 3 heterocycles. The number of aryl methyl sites for hydroxylation is 2. The largest absolute Gasteiger partial charge is 0.353 e. The Morgan fingerprint density at radius 2 is 1.73 bits per heavy atom. The summed E-state index contributed by atoms with van der Waals surface area (Å²) in [6, 6.07) is 9.37. The number of rotatable bonds is 3. The highest BCUT2D eigenvalue weighted by atomic mass is 16.2. The maximum Gasteiger partial charge on any atom is 0.322 e. The van der Waals surface area contributed by atoms with Crippen LogP contribution >= 0.6 is 0 Å². The SMILES string of the molecule is Cc1cnc(N2CCN(C(=O)c3ccc(N4CC(C)(C)NC4=O)cc3)CC2)c(C)c1. The Morgan fingerprint density at radius 3 is 2.30 bits per heavy atom. The number of pyridine rings is 1. The van der Waals surface area contributed by atoms with Gasteiger partial charge in [0.1, 0.15) is 5.82 Å². The van der Waals surface area contributed by atoms with Crippen LogP contribution in [0.4, 0.5) is 16.3 Å². The molecule has 0 unspecified atom stereocenters. The van der Waals surface area contributed by atoms with Crippen LogP contribution in [-0.2, 0) is 0 Å². The first-order valence-electron chi connectivity index (χ1n) is 10.4. The number of carbonyl (C=O) groups excluding carboxylic acids is 2. The Morgan fingerprint density at radius 1 is 1.07 bits per heavy atom. The molecule has 3 amide bonds. The number of benzene rings is 1. The molecule has 2 saturated heterocycles. The van der Waals surface area contributed by atoms with Crippen molar-refractivity contribution in [1.82, 2.24) is 15.2 Å². The van der Waals surface area contributed by atoms with Gasteiger partial charge in [0.05, 0.1) is 12.1 Å². The quantitative estimate of drug-likeness (QED) is 0.849. The molecule has 4 rings (SSSR count). The molecule has 2 fully saturated rings. The molecule has 7 heteroatoms. The number of carbonyl (C=O) groups is 2. The number of piperazine rings is 1. The molecule has 0 saturated carbocycles. The predicted molar refractivity (Wildman–Crippen MR) is 118 cm³/mol. The Kier molecular flexibility index (Phi) is 5.13. The van der Waals surface area contributed by atoms with Gasteiger partial charge in [0.15, 0.2) is 0 Å². The molecule has 2 aliphatic rings. The average Bonchev–Trinajstić information content (AvgIpc) is 3.00. The molecule has 0 spiro atoms. The topological polar surface area (TPSA) is 68.8 Å². The molecule has 0 radical (unpaired) electrons. The lowest BCUT2D eigenvalue weighted by atomic mass is 10.1. The van der Waals surface area contributed by atoms with Gasteiger partial charge in [-0.1, -0.05) is 6.07 Å². The van der Waals surface area contributed by atoms with Gasteiger partial charge in [0, 0.05) is 43.6 Å². The van der Waals surface area contributed by atoms with Gasteiger partial charge < -0.3 is 15.1 Å². The highest BCUT2D eigenvalue weighted by Crippen LogP contribution is 2.24. The van der Waals surface area contributed by atoms with Crippen LogP contribution in [0, 0.1) is 13.8 Å². The maximum atomic E-state index is 13.0. The van der Waals surface area contributed by atoms with Crippen molar-refractivity contribution in [2.24, 2.45) is 0 Å². The van der Waals surface area contributed by atoms with Crippen molar-refractivity contribution in [2.75, 3.05) is 42.5 Å². The van der Waals surface area contributed by atoms with Gasteiger partial charge in [0.2, 0.25) is 0 Å². The Bertz CT molecular complexity index is 962. The minimum Gasteiger partial charge on any atom is -0.353 e. The molecule has 0 atom stereocenters. The number of hydrogen-bond acceptors (Lipinski definition) is 4. The summed E-state index contributed by atoms with van der Waals surface area (Å²) in [5.74, 6) is 1.03. The number of urea groups is 1. The van der Waals surface area contributed by atoms with E-state index in [1.165, 1.54) is 5.56 Å². The molecule has 1 aromatic carbocycles. The zero-order valence-corrected chi connectivity index (χ0v) is 18.1. The Labute approximate surface area is 177 Å². The van der Waals surface area contributed by atoms with Crippen LogP contribution in [0.3, 0.4) is 0 Å². The van der Waals surface area contributed by atoms with Crippen LogP contribution in [-0.4, -0.2) is 60.1 Å². The molecule has 0 bridgehead atoms. The second-order valence-electron chi connectivity index (χ2n) is 8.88. The van der Waals surface area contributed by atoms with E-state index in [0.717, 1.165) is 30.2 Å². The van der Waals surface area contributed by atoms with Gasteiger partial charge in [-0.05, 0) is 63.1 Å². The van der Waals surface area contributed by atoms with Gasteiger partial charge in [-0.25, -0.2) is 9.78 Å². The summed E-state index contributed by atoms with van der Waals surface area (Å²) in [6.45, 7) is 11.6. The highest BCUT2D eigenvalue weighted by Gasteiger charge is 2.35. The molecule has 0 aliphatic carbocycles. The molecular formula is C23H29N5O2. The van der Waals surface area contributed by atoms with E-state index in [2.05, 4.69) is 28.2 Å². The first-order chi connectivity index (χ1) is 14.2. The summed E-state index contributed by atoms with van der Waals surface area (Å²) in [6.07, 6.45) is 1.89. The van der Waals surface area contributed by atoms with Crippen molar-refractivity contribution in [1.29, 1.82) is 0 Å². The van der Waals surface area contributed by atoms with Crippen molar-refractivity contribution in [3.8, 4) is 0 Å². The molecule has 30 heavy (non-hydrogen) atoms. The van der Waals surface area contributed by atoms with Crippen LogP contribution in [0.15, 0.2) is 36.5 Å². The normalized spacial score (nSPS) is 18.5. The Balaban J connectivity index is 1.39. The molecule has 7 nitrogen and oxygen atoms in total. The summed E-state index contributed by atoms with van der Waals surface area (Å²) in [4.78, 5) is 35.6. The highest BCUT2D eigenvalue weighted by molar-refractivity contribution is 5.97. The number of amides is 3. The summed E-state index contributed by atoms with van der Waals surface area (Å²) >= 11 is 0. The van der Waals surface area contributed by atoms with Crippen molar-refractivity contribution in [3.63, 3.8) is 0 Å². The summed E-state index contributed by atoms with van der Waals surface area (Å²) in [5.41, 5.74) is 3.52. The number of hydrogen-bond donors (Lipinski definition) is 1. The van der Waals surface area contributed by atoms with Crippen molar-refractivity contribution in [3.05, 3.63) is 53.2 Å². The van der Waals surface area contributed by atoms with Crippen molar-refractivity contribution < 1.29 is 9.59 Å². The monoisotopic (exact) mass is 407 g/mol. The smallest absolute Gasteiger partial charge is 0.322 e. The molecule has 2 aromatic rings. The Hall–Kier alpha value is -3.09. The first-order valence-corrected chi connectivity index (χ1v) is 10.4. The van der Waals surface area contributed by atoms with E-state index in [1.54, 1.807) is 4.90 Å². The molecule has 1 N–H and O–H groups in total. The molecule has 158 valence electrons. The average molecular weight is 408 g/mol. The number of aromatic nitrogens is 1. The summed E-state index contributed by atoms with van der Waals surface area (Å²) in [7, 11) is 0. The van der Waals surface area contributed by atoms with Gasteiger partial charge in [0.25, 0.3) is 5.91 Å². The zero-order valence-electron chi connectivity index (χ0n) is 18.1. The van der Waals surface area contributed by atoms with E-state index >= 15 is 0 Å². The molecule has 1 aromatic heterocycles. The fourth-order valence-electron chi connectivity index (χ4n) is 4.20. The van der Waals surface area contributed by atoms with E-state index in [4.69, 9.17) is 0 Å². The van der Waals surface area contributed by atoms with Gasteiger partial charge in [-0.2, -0.15) is 0 Å². The minimum absolute atomic E-state index is 0.0287. The number of nitrogens with one attached hydrogen (secondary N) is 1. The van der Waals surface area contributed by atoms with Crippen molar-refractivity contribution >= 4 is 23.4 Å². The van der Waals surface area contributed by atoms with Crippen LogP contribution in [0.25, 0.3) is 0 Å². The third-order valence-electron chi connectivity index (χ3n) is 5.72. The summed E-state index contributed by atoms with van der Waals surface area (Å²) < 4.78 is 0. The fourth-order valence-corrected chi connectivity index (χ4v) is 4.20. The predicted octanol–water partition coefficient (Wildman–Crippen LogP) is 2.97. The molecule has 2 aliphatic heterocycles. The summed E-state index contributed by atoms with van der Waals surface area (Å²) in [5, 5.41) is 2.96. The lowest BCUT2D eigenvalue weighted by Crippen LogP contribution is -2.49. The van der Waals surface area contributed by atoms with Crippen LogP contribution < -0.4 is 15.1 Å². The van der Waals surface area contributed by atoms with Crippen molar-refractivity contribution in [2.45, 2.75) is 33.2 Å². The number of anilines is 2. The van der Waals surface area contributed by atoms with Gasteiger partial charge in [-0.3, -0.25) is 9.69 Å². The standard InChI is InChI=1S/C23H29N5O2/c1-16-13-17(2)20(24-14-16)26-9-11-27(12-10-26)21(29)18-5-7-19(8-6-18)28-15-23(3,4)25-22(28)30/h5-8,13-14H,9-12,15H2,1-4H3,(H,25,30). The van der Waals surface area contributed by atoms with Crippen LogP contribution in [0.2, 0.25) is 0 Å². The third-order valence-corrected chi connectivity index (χ3v) is 5.72. The lowest BCUT2D eigenvalue weighted by Gasteiger charge is -2.36. The van der Waals surface area contributed by atoms with E-state index in [-0.39, 0.29) is 17.5 Å². The van der Waals surface area contributed by atoms with Gasteiger partial charge >= 0.3 is 6.03 Å². The zero-order chi connectivity index (χ0) is 21.5. The second-order valence-corrected chi connectivity index (χ2v) is 8.88.